The van der Waals surface area contributed by atoms with E-state index in [0.717, 1.165) is 11.3 Å². The highest BCUT2D eigenvalue weighted by Crippen LogP contribution is 2.27. The molecule has 35 heavy (non-hydrogen) atoms. The Morgan fingerprint density at radius 2 is 1.89 bits per heavy atom. The fourth-order valence-corrected chi connectivity index (χ4v) is 4.91. The van der Waals surface area contributed by atoms with Crippen LogP contribution in [0.25, 0.3) is 10.9 Å². The summed E-state index contributed by atoms with van der Waals surface area (Å²) in [6.07, 6.45) is 6.11. The van der Waals surface area contributed by atoms with Crippen LogP contribution >= 0.6 is 0 Å². The Kier molecular flexibility index (Phi) is 7.70. The third kappa shape index (κ3) is 5.65. The number of nitrogens with one attached hydrogen (secondary N) is 3. The van der Waals surface area contributed by atoms with E-state index in [1.165, 1.54) is 51.3 Å². The van der Waals surface area contributed by atoms with Gasteiger partial charge in [-0.05, 0) is 61.9 Å². The van der Waals surface area contributed by atoms with Crippen molar-refractivity contribution in [2.45, 2.75) is 51.2 Å². The number of esters is 1. The summed E-state index contributed by atoms with van der Waals surface area (Å²) in [5.41, 5.74) is 3.65. The molecule has 2 aromatic carbocycles. The maximum Gasteiger partial charge on any atom is 0.337 e. The molecule has 186 valence electrons. The summed E-state index contributed by atoms with van der Waals surface area (Å²) in [7, 11) is 5.18. The fourth-order valence-electron chi connectivity index (χ4n) is 4.91. The van der Waals surface area contributed by atoms with E-state index < -0.39 is 0 Å². The van der Waals surface area contributed by atoms with Crippen molar-refractivity contribution in [2.75, 3.05) is 31.8 Å². The Bertz CT molecular complexity index is 1270. The number of aromatic nitrogens is 1. The van der Waals surface area contributed by atoms with Crippen molar-refractivity contribution in [1.29, 1.82) is 0 Å². The van der Waals surface area contributed by atoms with E-state index >= 15 is 0 Å². The van der Waals surface area contributed by atoms with Gasteiger partial charge in [0.1, 0.15) is 5.82 Å². The highest BCUT2D eigenvalue weighted by atomic mass is 19.1. The highest BCUT2D eigenvalue weighted by Gasteiger charge is 2.20. The Balaban J connectivity index is 1.60. The summed E-state index contributed by atoms with van der Waals surface area (Å²) in [6, 6.07) is 10.4. The van der Waals surface area contributed by atoms with Crippen molar-refractivity contribution in [3.05, 3.63) is 69.3 Å². The maximum atomic E-state index is 14.0. The number of rotatable bonds is 8. The van der Waals surface area contributed by atoms with Gasteiger partial charge in [0.15, 0.2) is 0 Å². The zero-order valence-corrected chi connectivity index (χ0v) is 20.5. The van der Waals surface area contributed by atoms with E-state index in [0.29, 0.717) is 40.3 Å². The molecule has 1 aliphatic carbocycles. The zero-order chi connectivity index (χ0) is 24.9. The maximum absolute atomic E-state index is 14.0. The number of benzene rings is 2. The van der Waals surface area contributed by atoms with Crippen molar-refractivity contribution >= 4 is 28.2 Å². The smallest absolute Gasteiger partial charge is 0.337 e. The average molecular weight is 481 g/mol. The van der Waals surface area contributed by atoms with Gasteiger partial charge >= 0.3 is 5.97 Å². The molecule has 0 atom stereocenters. The topological polar surface area (TPSA) is 86.5 Å². The van der Waals surface area contributed by atoms with E-state index in [1.807, 2.05) is 12.1 Å². The third-order valence-electron chi connectivity index (χ3n) is 6.88. The lowest BCUT2D eigenvalue weighted by molar-refractivity contribution is 0.0600. The number of hydrogen-bond donors (Lipinski definition) is 3. The Morgan fingerprint density at radius 3 is 2.60 bits per heavy atom. The lowest BCUT2D eigenvalue weighted by atomic mass is 9.94. The van der Waals surface area contributed by atoms with E-state index in [2.05, 4.69) is 27.6 Å². The quantitative estimate of drug-likeness (QED) is 0.399. The summed E-state index contributed by atoms with van der Waals surface area (Å²) >= 11 is 0. The van der Waals surface area contributed by atoms with Gasteiger partial charge in [-0.2, -0.15) is 0 Å². The minimum absolute atomic E-state index is 0.236. The molecular weight excluding hydrogens is 447 g/mol. The zero-order valence-electron chi connectivity index (χ0n) is 20.5. The van der Waals surface area contributed by atoms with Crippen molar-refractivity contribution in [1.82, 2.24) is 9.88 Å². The molecule has 1 aliphatic rings. The second-order valence-electron chi connectivity index (χ2n) is 9.22. The molecule has 0 saturated heterocycles. The van der Waals surface area contributed by atoms with Crippen LogP contribution in [0, 0.1) is 5.82 Å². The van der Waals surface area contributed by atoms with Crippen LogP contribution < -0.4 is 16.2 Å². The van der Waals surface area contributed by atoms with E-state index in [9.17, 15) is 14.0 Å². The first-order chi connectivity index (χ1) is 16.9. The number of carbonyl (C=O) groups excluding carboxylic acids is 1. The third-order valence-corrected chi connectivity index (χ3v) is 6.88. The number of carbonyl (C=O) groups is 1. The number of aromatic amines is 1. The summed E-state index contributed by atoms with van der Waals surface area (Å²) in [6.45, 7) is 0.928. The number of hydrogen-bond acceptors (Lipinski definition) is 6. The number of anilines is 2. The van der Waals surface area contributed by atoms with Crippen LogP contribution in [0.4, 0.5) is 15.8 Å². The lowest BCUT2D eigenvalue weighted by Gasteiger charge is -2.31. The Labute approximate surface area is 204 Å². The van der Waals surface area contributed by atoms with Gasteiger partial charge in [-0.15, -0.1) is 0 Å². The van der Waals surface area contributed by atoms with Crippen molar-refractivity contribution in [3.63, 3.8) is 0 Å². The molecule has 3 aromatic rings. The first-order valence-electron chi connectivity index (χ1n) is 12.1. The average Bonchev–Trinajstić information content (AvgIpc) is 2.87. The van der Waals surface area contributed by atoms with Gasteiger partial charge in [0, 0.05) is 42.8 Å². The van der Waals surface area contributed by atoms with E-state index in [4.69, 9.17) is 4.74 Å². The second-order valence-corrected chi connectivity index (χ2v) is 9.22. The minimum Gasteiger partial charge on any atom is -0.465 e. The van der Waals surface area contributed by atoms with Crippen LogP contribution in [0.1, 0.15) is 53.6 Å². The van der Waals surface area contributed by atoms with Crippen LogP contribution in [0.3, 0.4) is 0 Å². The number of methoxy groups -OCH3 is 1. The first kappa shape index (κ1) is 24.7. The molecule has 0 aliphatic heterocycles. The molecule has 0 radical (unpaired) electrons. The molecule has 7 nitrogen and oxygen atoms in total. The molecule has 8 heteroatoms. The van der Waals surface area contributed by atoms with Crippen LogP contribution in [-0.2, 0) is 17.8 Å². The van der Waals surface area contributed by atoms with Crippen LogP contribution in [0.15, 0.2) is 41.2 Å². The molecule has 0 amide bonds. The lowest BCUT2D eigenvalue weighted by Crippen LogP contribution is -2.33. The van der Waals surface area contributed by atoms with Gasteiger partial charge < -0.3 is 20.4 Å². The number of pyridine rings is 1. The molecule has 1 fully saturated rings. The van der Waals surface area contributed by atoms with Crippen LogP contribution in [-0.4, -0.2) is 43.1 Å². The van der Waals surface area contributed by atoms with Crippen LogP contribution in [0.2, 0.25) is 0 Å². The van der Waals surface area contributed by atoms with Gasteiger partial charge in [-0.3, -0.25) is 9.69 Å². The summed E-state index contributed by atoms with van der Waals surface area (Å²) in [5.74, 6) is -0.759. The predicted molar refractivity (Wildman–Crippen MR) is 138 cm³/mol. The van der Waals surface area contributed by atoms with Gasteiger partial charge in [0.05, 0.1) is 23.9 Å². The molecule has 1 heterocycles. The molecule has 1 saturated carbocycles. The summed E-state index contributed by atoms with van der Waals surface area (Å²) in [4.78, 5) is 30.1. The van der Waals surface area contributed by atoms with Crippen molar-refractivity contribution in [2.24, 2.45) is 0 Å². The van der Waals surface area contributed by atoms with E-state index in [1.54, 1.807) is 19.2 Å². The summed E-state index contributed by atoms with van der Waals surface area (Å²) < 4.78 is 18.9. The molecule has 4 rings (SSSR count). The molecular formula is C27H33FN4O3. The monoisotopic (exact) mass is 480 g/mol. The predicted octanol–water partition coefficient (Wildman–Crippen LogP) is 4.87. The van der Waals surface area contributed by atoms with E-state index in [-0.39, 0.29) is 23.9 Å². The fraction of sp³-hybridized carbons (Fsp3) is 0.407. The second kappa shape index (κ2) is 10.9. The normalized spacial score (nSPS) is 14.3. The number of ether oxygens (including phenoxy) is 1. The molecule has 0 spiro atoms. The molecule has 0 bridgehead atoms. The summed E-state index contributed by atoms with van der Waals surface area (Å²) in [5, 5.41) is 6.90. The Morgan fingerprint density at radius 1 is 1.11 bits per heavy atom. The van der Waals surface area contributed by atoms with Crippen LogP contribution in [0.5, 0.6) is 0 Å². The van der Waals surface area contributed by atoms with Gasteiger partial charge in [0.2, 0.25) is 0 Å². The van der Waals surface area contributed by atoms with Crippen molar-refractivity contribution in [3.8, 4) is 0 Å². The SMILES string of the molecule is CNc1cc(F)cc2cc(CNc3ccc(C(=O)OC)cc3CN(C)C3CCCCC3)c(=O)[nH]c12. The number of halogens is 1. The van der Waals surface area contributed by atoms with Gasteiger partial charge in [-0.1, -0.05) is 19.3 Å². The number of H-pyrrole nitrogens is 1. The molecule has 1 aromatic heterocycles. The number of fused-ring (bicyclic) bond motifs is 1. The van der Waals surface area contributed by atoms with Gasteiger partial charge in [0.25, 0.3) is 5.56 Å². The largest absolute Gasteiger partial charge is 0.465 e. The molecule has 3 N–H and O–H groups in total. The molecule has 0 unspecified atom stereocenters. The minimum atomic E-state index is -0.383. The van der Waals surface area contributed by atoms with Gasteiger partial charge in [-0.25, -0.2) is 9.18 Å². The number of nitrogens with zero attached hydrogens (tertiary/aromatic N) is 1. The van der Waals surface area contributed by atoms with Crippen molar-refractivity contribution < 1.29 is 13.9 Å². The Hall–Kier alpha value is -3.39. The highest BCUT2D eigenvalue weighted by molar-refractivity contribution is 5.91. The standard InChI is InChI=1S/C27H33FN4O3/c1-29-24-14-21(28)13-18-12-19(26(33)31-25(18)24)15-30-23-10-9-17(27(34)35-3)11-20(23)16-32(2)22-7-5-4-6-8-22/h9-14,22,29-30H,4-8,15-16H2,1-3H3,(H,31,33). The first-order valence-corrected chi connectivity index (χ1v) is 12.1.